The second-order valence-corrected chi connectivity index (χ2v) is 7.45. The van der Waals surface area contributed by atoms with Crippen LogP contribution in [0.15, 0.2) is 35.5 Å². The van der Waals surface area contributed by atoms with Crippen LogP contribution in [-0.4, -0.2) is 48.6 Å². The van der Waals surface area contributed by atoms with Crippen LogP contribution < -0.4 is 0 Å². The van der Waals surface area contributed by atoms with Crippen molar-refractivity contribution in [3.05, 3.63) is 30.6 Å². The van der Waals surface area contributed by atoms with Gasteiger partial charge < -0.3 is 4.74 Å². The van der Waals surface area contributed by atoms with Gasteiger partial charge in [0.1, 0.15) is 4.90 Å². The Hall–Kier alpha value is -1.44. The van der Waals surface area contributed by atoms with Crippen molar-refractivity contribution in [2.75, 3.05) is 20.3 Å². The molecule has 22 heavy (non-hydrogen) atoms. The molecule has 7 heteroatoms. The second kappa shape index (κ2) is 6.36. The van der Waals surface area contributed by atoms with Crippen LogP contribution >= 0.6 is 0 Å². The van der Waals surface area contributed by atoms with Gasteiger partial charge in [-0.15, -0.1) is 0 Å². The smallest absolute Gasteiger partial charge is 0.247 e. The van der Waals surface area contributed by atoms with Crippen molar-refractivity contribution in [2.45, 2.75) is 36.6 Å². The van der Waals surface area contributed by atoms with E-state index >= 15 is 0 Å². The van der Waals surface area contributed by atoms with Gasteiger partial charge in [-0.3, -0.25) is 0 Å². The molecule has 1 aliphatic rings. The van der Waals surface area contributed by atoms with E-state index < -0.39 is 10.0 Å². The van der Waals surface area contributed by atoms with Crippen molar-refractivity contribution < 1.29 is 13.2 Å². The van der Waals surface area contributed by atoms with Crippen LogP contribution in [0.1, 0.15) is 25.7 Å². The normalized spacial score (nSPS) is 16.8. The summed E-state index contributed by atoms with van der Waals surface area (Å²) in [4.78, 5) is 0.274. The number of fused-ring (bicyclic) bond motifs is 1. The number of hydrogen-bond donors (Lipinski definition) is 0. The molecule has 0 radical (unpaired) electrons. The lowest BCUT2D eigenvalue weighted by Crippen LogP contribution is -2.40. The average Bonchev–Trinajstić information content (AvgIpc) is 3.17. The van der Waals surface area contributed by atoms with E-state index in [0.29, 0.717) is 18.7 Å². The van der Waals surface area contributed by atoms with E-state index in [9.17, 15) is 8.42 Å². The van der Waals surface area contributed by atoms with Crippen LogP contribution in [0.3, 0.4) is 0 Å². The van der Waals surface area contributed by atoms with Crippen molar-refractivity contribution in [3.8, 4) is 0 Å². The lowest BCUT2D eigenvalue weighted by molar-refractivity contribution is 0.166. The highest BCUT2D eigenvalue weighted by Gasteiger charge is 2.34. The molecule has 0 amide bonds. The molecule has 0 spiro atoms. The maximum atomic E-state index is 13.1. The zero-order valence-corrected chi connectivity index (χ0v) is 13.5. The van der Waals surface area contributed by atoms with Crippen LogP contribution in [0.2, 0.25) is 0 Å². The van der Waals surface area contributed by atoms with Crippen LogP contribution in [-0.2, 0) is 14.8 Å². The fourth-order valence-electron chi connectivity index (χ4n) is 3.11. The molecule has 2 heterocycles. The fourth-order valence-corrected chi connectivity index (χ4v) is 4.89. The highest BCUT2D eigenvalue weighted by molar-refractivity contribution is 7.89. The Morgan fingerprint density at radius 2 is 2.14 bits per heavy atom. The maximum absolute atomic E-state index is 13.1. The Morgan fingerprint density at radius 1 is 1.36 bits per heavy atom. The molecule has 1 saturated carbocycles. The van der Waals surface area contributed by atoms with Crippen molar-refractivity contribution in [1.29, 1.82) is 0 Å². The molecular weight excluding hydrogens is 302 g/mol. The first-order chi connectivity index (χ1) is 10.6. The minimum Gasteiger partial charge on any atom is -0.383 e. The summed E-state index contributed by atoms with van der Waals surface area (Å²) in [7, 11) is -1.98. The first kappa shape index (κ1) is 15.5. The molecule has 0 saturated heterocycles. The Kier molecular flexibility index (Phi) is 4.46. The van der Waals surface area contributed by atoms with Gasteiger partial charge in [0, 0.05) is 25.9 Å². The van der Waals surface area contributed by atoms with E-state index in [1.54, 1.807) is 28.2 Å². The quantitative estimate of drug-likeness (QED) is 0.814. The number of pyridine rings is 1. The van der Waals surface area contributed by atoms with Crippen LogP contribution in [0, 0.1) is 0 Å². The number of sulfonamides is 1. The minimum atomic E-state index is -3.57. The predicted molar refractivity (Wildman–Crippen MR) is 83.2 cm³/mol. The first-order valence-corrected chi connectivity index (χ1v) is 9.02. The van der Waals surface area contributed by atoms with E-state index in [2.05, 4.69) is 5.10 Å². The molecule has 2 aromatic heterocycles. The van der Waals surface area contributed by atoms with E-state index in [-0.39, 0.29) is 10.9 Å². The van der Waals surface area contributed by atoms with E-state index in [4.69, 9.17) is 4.74 Å². The molecule has 1 fully saturated rings. The SMILES string of the molecule is COCCN(C1CCCC1)S(=O)(=O)c1cnn2ccccc12. The van der Waals surface area contributed by atoms with Crippen molar-refractivity contribution in [1.82, 2.24) is 13.9 Å². The molecule has 3 rings (SSSR count). The third kappa shape index (κ3) is 2.76. The monoisotopic (exact) mass is 323 g/mol. The van der Waals surface area contributed by atoms with Gasteiger partial charge in [0.25, 0.3) is 0 Å². The molecule has 0 N–H and O–H groups in total. The molecule has 0 bridgehead atoms. The molecular formula is C15H21N3O3S. The van der Waals surface area contributed by atoms with E-state index in [0.717, 1.165) is 25.7 Å². The van der Waals surface area contributed by atoms with Crippen LogP contribution in [0.25, 0.3) is 5.52 Å². The van der Waals surface area contributed by atoms with E-state index in [1.165, 1.54) is 6.20 Å². The molecule has 120 valence electrons. The van der Waals surface area contributed by atoms with Gasteiger partial charge in [-0.05, 0) is 25.0 Å². The highest BCUT2D eigenvalue weighted by Crippen LogP contribution is 2.29. The Balaban J connectivity index is 2.00. The molecule has 2 aromatic rings. The summed E-state index contributed by atoms with van der Waals surface area (Å²) in [5.74, 6) is 0. The van der Waals surface area contributed by atoms with Gasteiger partial charge >= 0.3 is 0 Å². The van der Waals surface area contributed by atoms with Crippen LogP contribution in [0.4, 0.5) is 0 Å². The predicted octanol–water partition coefficient (Wildman–Crippen LogP) is 1.91. The van der Waals surface area contributed by atoms with Gasteiger partial charge in [0.2, 0.25) is 10.0 Å². The second-order valence-electron chi connectivity index (χ2n) is 5.59. The van der Waals surface area contributed by atoms with Crippen molar-refractivity contribution >= 4 is 15.5 Å². The summed E-state index contributed by atoms with van der Waals surface area (Å²) in [6.07, 6.45) is 7.20. The summed E-state index contributed by atoms with van der Waals surface area (Å²) in [6, 6.07) is 5.50. The van der Waals surface area contributed by atoms with Crippen molar-refractivity contribution in [2.24, 2.45) is 0 Å². The maximum Gasteiger partial charge on any atom is 0.247 e. The standard InChI is InChI=1S/C15H21N3O3S/c1-21-11-10-18(13-6-2-3-7-13)22(19,20)15-12-16-17-9-5-4-8-14(15)17/h4-5,8-9,12-13H,2-3,6-7,10-11H2,1H3. The largest absolute Gasteiger partial charge is 0.383 e. The lowest BCUT2D eigenvalue weighted by Gasteiger charge is -2.27. The number of aromatic nitrogens is 2. The van der Waals surface area contributed by atoms with Gasteiger partial charge in [0.15, 0.2) is 0 Å². The Morgan fingerprint density at radius 3 is 2.86 bits per heavy atom. The topological polar surface area (TPSA) is 63.9 Å². The third-order valence-electron chi connectivity index (χ3n) is 4.23. The zero-order chi connectivity index (χ0) is 15.6. The summed E-state index contributed by atoms with van der Waals surface area (Å²) in [5, 5.41) is 4.15. The number of nitrogens with zero attached hydrogens (tertiary/aromatic N) is 3. The Bertz CT molecular complexity index is 735. The molecule has 0 aromatic carbocycles. The number of methoxy groups -OCH3 is 1. The van der Waals surface area contributed by atoms with Gasteiger partial charge in [-0.1, -0.05) is 18.9 Å². The first-order valence-electron chi connectivity index (χ1n) is 7.58. The highest BCUT2D eigenvalue weighted by atomic mass is 32.2. The van der Waals surface area contributed by atoms with Crippen LogP contribution in [0.5, 0.6) is 0 Å². The van der Waals surface area contributed by atoms with E-state index in [1.807, 2.05) is 12.1 Å². The minimum absolute atomic E-state index is 0.0683. The average molecular weight is 323 g/mol. The van der Waals surface area contributed by atoms with Gasteiger partial charge in [-0.2, -0.15) is 9.40 Å². The molecule has 0 atom stereocenters. The lowest BCUT2D eigenvalue weighted by atomic mass is 10.2. The molecule has 6 nitrogen and oxygen atoms in total. The number of hydrogen-bond acceptors (Lipinski definition) is 4. The Labute approximate surface area is 130 Å². The summed E-state index contributed by atoms with van der Waals surface area (Å²) < 4.78 is 34.5. The summed E-state index contributed by atoms with van der Waals surface area (Å²) in [6.45, 7) is 0.780. The van der Waals surface area contributed by atoms with Crippen molar-refractivity contribution in [3.63, 3.8) is 0 Å². The number of ether oxygens (including phenoxy) is 1. The fraction of sp³-hybridized carbons (Fsp3) is 0.533. The van der Waals surface area contributed by atoms with Gasteiger partial charge in [-0.25, -0.2) is 12.9 Å². The molecule has 0 unspecified atom stereocenters. The molecule has 1 aliphatic carbocycles. The summed E-state index contributed by atoms with van der Waals surface area (Å²) >= 11 is 0. The zero-order valence-electron chi connectivity index (χ0n) is 12.7. The summed E-state index contributed by atoms with van der Waals surface area (Å²) in [5.41, 5.74) is 0.614. The van der Waals surface area contributed by atoms with Gasteiger partial charge in [0.05, 0.1) is 18.3 Å². The number of rotatable bonds is 6. The molecule has 0 aliphatic heterocycles. The third-order valence-corrected chi connectivity index (χ3v) is 6.19.